The third-order valence-electron chi connectivity index (χ3n) is 3.00. The number of carbonyl (C=O) groups excluding carboxylic acids is 1. The first-order valence-electron chi connectivity index (χ1n) is 6.75. The van der Waals surface area contributed by atoms with Gasteiger partial charge >= 0.3 is 0 Å². The van der Waals surface area contributed by atoms with Gasteiger partial charge in [0, 0.05) is 0 Å². The maximum atomic E-state index is 11.6. The van der Waals surface area contributed by atoms with Gasteiger partial charge in [-0.2, -0.15) is 10.1 Å². The van der Waals surface area contributed by atoms with Crippen LogP contribution < -0.4 is 10.1 Å². The van der Waals surface area contributed by atoms with Crippen molar-refractivity contribution in [2.24, 2.45) is 0 Å². The van der Waals surface area contributed by atoms with Crippen LogP contribution in [0.25, 0.3) is 11.1 Å². The van der Waals surface area contributed by atoms with Crippen molar-refractivity contribution in [3.63, 3.8) is 0 Å². The van der Waals surface area contributed by atoms with E-state index in [1.54, 1.807) is 0 Å². The highest BCUT2D eigenvalue weighted by atomic mass is 16.5. The second kappa shape index (κ2) is 6.53. The molecule has 6 nitrogen and oxygen atoms in total. The van der Waals surface area contributed by atoms with Crippen LogP contribution in [0.2, 0.25) is 0 Å². The number of benzene rings is 2. The SMILES string of the molecule is O=C(COc1ccc(-c2ccccc2)cc1)Nc1ncn[nH]1. The molecule has 0 saturated carbocycles. The standard InChI is InChI=1S/C16H14N4O2/c21-15(19-16-17-11-18-20-16)10-22-14-8-6-13(7-9-14)12-4-2-1-3-5-12/h1-9,11H,10H2,(H2,17,18,19,20,21). The van der Waals surface area contributed by atoms with E-state index in [4.69, 9.17) is 4.74 Å². The lowest BCUT2D eigenvalue weighted by Gasteiger charge is -2.07. The Morgan fingerprint density at radius 1 is 1.05 bits per heavy atom. The highest BCUT2D eigenvalue weighted by molar-refractivity contribution is 5.90. The van der Waals surface area contributed by atoms with Crippen molar-refractivity contribution in [1.82, 2.24) is 15.2 Å². The fraction of sp³-hybridized carbons (Fsp3) is 0.0625. The highest BCUT2D eigenvalue weighted by Crippen LogP contribution is 2.21. The first kappa shape index (κ1) is 13.8. The van der Waals surface area contributed by atoms with Crippen LogP contribution in [0.3, 0.4) is 0 Å². The third-order valence-corrected chi connectivity index (χ3v) is 3.00. The lowest BCUT2D eigenvalue weighted by Crippen LogP contribution is -2.20. The van der Waals surface area contributed by atoms with Gasteiger partial charge in [-0.3, -0.25) is 10.1 Å². The smallest absolute Gasteiger partial charge is 0.264 e. The van der Waals surface area contributed by atoms with E-state index < -0.39 is 0 Å². The van der Waals surface area contributed by atoms with Gasteiger partial charge in [0.1, 0.15) is 12.1 Å². The zero-order valence-corrected chi connectivity index (χ0v) is 11.7. The summed E-state index contributed by atoms with van der Waals surface area (Å²) in [5.74, 6) is 0.629. The fourth-order valence-electron chi connectivity index (χ4n) is 1.96. The monoisotopic (exact) mass is 294 g/mol. The van der Waals surface area contributed by atoms with Gasteiger partial charge in [-0.1, -0.05) is 42.5 Å². The van der Waals surface area contributed by atoms with Gasteiger partial charge in [0.05, 0.1) is 0 Å². The number of aromatic nitrogens is 3. The van der Waals surface area contributed by atoms with Crippen molar-refractivity contribution in [2.45, 2.75) is 0 Å². The van der Waals surface area contributed by atoms with E-state index >= 15 is 0 Å². The summed E-state index contributed by atoms with van der Waals surface area (Å²) in [5.41, 5.74) is 2.23. The Morgan fingerprint density at radius 2 is 1.77 bits per heavy atom. The maximum Gasteiger partial charge on any atom is 0.264 e. The quantitative estimate of drug-likeness (QED) is 0.757. The van der Waals surface area contributed by atoms with Crippen LogP contribution >= 0.6 is 0 Å². The van der Waals surface area contributed by atoms with Gasteiger partial charge in [0.25, 0.3) is 5.91 Å². The molecule has 0 fully saturated rings. The molecular weight excluding hydrogens is 280 g/mol. The number of aromatic amines is 1. The number of ether oxygens (including phenoxy) is 1. The number of carbonyl (C=O) groups is 1. The zero-order chi connectivity index (χ0) is 15.2. The summed E-state index contributed by atoms with van der Waals surface area (Å²) < 4.78 is 5.43. The number of hydrogen-bond donors (Lipinski definition) is 2. The molecule has 6 heteroatoms. The number of nitrogens with one attached hydrogen (secondary N) is 2. The van der Waals surface area contributed by atoms with Crippen LogP contribution in [0, 0.1) is 0 Å². The Bertz CT molecular complexity index is 725. The van der Waals surface area contributed by atoms with Gasteiger partial charge in [-0.25, -0.2) is 5.10 Å². The minimum Gasteiger partial charge on any atom is -0.484 e. The molecule has 0 spiro atoms. The van der Waals surface area contributed by atoms with Crippen LogP contribution in [-0.2, 0) is 4.79 Å². The van der Waals surface area contributed by atoms with Gasteiger partial charge in [0.15, 0.2) is 6.61 Å². The number of rotatable bonds is 5. The minimum atomic E-state index is -0.302. The Morgan fingerprint density at radius 3 is 2.45 bits per heavy atom. The molecule has 0 saturated heterocycles. The average molecular weight is 294 g/mol. The number of amides is 1. The van der Waals surface area contributed by atoms with Crippen molar-refractivity contribution in [2.75, 3.05) is 11.9 Å². The summed E-state index contributed by atoms with van der Waals surface area (Å²) in [7, 11) is 0. The molecule has 2 N–H and O–H groups in total. The molecule has 1 heterocycles. The Hall–Kier alpha value is -3.15. The van der Waals surface area contributed by atoms with E-state index in [1.165, 1.54) is 6.33 Å². The largest absolute Gasteiger partial charge is 0.484 e. The van der Waals surface area contributed by atoms with Crippen molar-refractivity contribution in [3.05, 3.63) is 60.9 Å². The van der Waals surface area contributed by atoms with E-state index in [-0.39, 0.29) is 12.5 Å². The molecule has 2 aromatic carbocycles. The number of H-pyrrole nitrogens is 1. The summed E-state index contributed by atoms with van der Waals surface area (Å²) >= 11 is 0. The van der Waals surface area contributed by atoms with Crippen molar-refractivity contribution < 1.29 is 9.53 Å². The minimum absolute atomic E-state index is 0.0919. The summed E-state index contributed by atoms with van der Waals surface area (Å²) in [6.07, 6.45) is 1.32. The molecule has 0 aliphatic heterocycles. The Kier molecular flexibility index (Phi) is 4.10. The fourth-order valence-corrected chi connectivity index (χ4v) is 1.96. The summed E-state index contributed by atoms with van der Waals surface area (Å²) in [5, 5.41) is 8.72. The molecule has 1 aromatic heterocycles. The Balaban J connectivity index is 1.56. The topological polar surface area (TPSA) is 79.9 Å². The van der Waals surface area contributed by atoms with Crippen molar-refractivity contribution in [3.8, 4) is 16.9 Å². The molecular formula is C16H14N4O2. The number of anilines is 1. The summed E-state index contributed by atoms with van der Waals surface area (Å²) in [4.78, 5) is 15.5. The number of nitrogens with zero attached hydrogens (tertiary/aromatic N) is 2. The maximum absolute atomic E-state index is 11.6. The Labute approximate surface area is 127 Å². The molecule has 3 aromatic rings. The lowest BCUT2D eigenvalue weighted by molar-refractivity contribution is -0.118. The van der Waals surface area contributed by atoms with E-state index in [2.05, 4.69) is 20.5 Å². The van der Waals surface area contributed by atoms with Crippen LogP contribution in [0.5, 0.6) is 5.75 Å². The highest BCUT2D eigenvalue weighted by Gasteiger charge is 2.05. The summed E-state index contributed by atoms with van der Waals surface area (Å²) in [6.45, 7) is -0.0919. The summed E-state index contributed by atoms with van der Waals surface area (Å²) in [6, 6.07) is 17.6. The van der Waals surface area contributed by atoms with Gasteiger partial charge < -0.3 is 4.74 Å². The molecule has 0 aliphatic rings. The zero-order valence-electron chi connectivity index (χ0n) is 11.7. The third kappa shape index (κ3) is 3.49. The van der Waals surface area contributed by atoms with E-state index in [0.717, 1.165) is 11.1 Å². The van der Waals surface area contributed by atoms with Crippen molar-refractivity contribution in [1.29, 1.82) is 0 Å². The average Bonchev–Trinajstić information content (AvgIpc) is 3.07. The van der Waals surface area contributed by atoms with Crippen LogP contribution in [-0.4, -0.2) is 27.7 Å². The van der Waals surface area contributed by atoms with E-state index in [1.807, 2.05) is 54.6 Å². The molecule has 3 rings (SSSR count). The van der Waals surface area contributed by atoms with Crippen LogP contribution in [0.1, 0.15) is 0 Å². The first-order chi connectivity index (χ1) is 10.8. The van der Waals surface area contributed by atoms with Crippen molar-refractivity contribution >= 4 is 11.9 Å². The first-order valence-corrected chi connectivity index (χ1v) is 6.75. The molecule has 0 atom stereocenters. The number of hydrogen-bond acceptors (Lipinski definition) is 4. The van der Waals surface area contributed by atoms with E-state index in [9.17, 15) is 4.79 Å². The van der Waals surface area contributed by atoms with Crippen LogP contribution in [0.4, 0.5) is 5.95 Å². The molecule has 0 aliphatic carbocycles. The molecule has 22 heavy (non-hydrogen) atoms. The molecule has 110 valence electrons. The molecule has 0 bridgehead atoms. The predicted octanol–water partition coefficient (Wildman–Crippen LogP) is 2.49. The predicted molar refractivity (Wildman–Crippen MR) is 82.4 cm³/mol. The second-order valence-electron chi connectivity index (χ2n) is 4.56. The lowest BCUT2D eigenvalue weighted by atomic mass is 10.1. The molecule has 0 unspecified atom stereocenters. The molecule has 1 amide bonds. The normalized spacial score (nSPS) is 10.2. The van der Waals surface area contributed by atoms with Gasteiger partial charge in [-0.05, 0) is 23.3 Å². The second-order valence-corrected chi connectivity index (χ2v) is 4.56. The molecule has 0 radical (unpaired) electrons. The van der Waals surface area contributed by atoms with Gasteiger partial charge in [-0.15, -0.1) is 0 Å². The van der Waals surface area contributed by atoms with E-state index in [0.29, 0.717) is 11.7 Å². The van der Waals surface area contributed by atoms with Crippen LogP contribution in [0.15, 0.2) is 60.9 Å². The van der Waals surface area contributed by atoms with Gasteiger partial charge in [0.2, 0.25) is 5.95 Å².